The zero-order valence-electron chi connectivity index (χ0n) is 13.0. The molecule has 2 heterocycles. The van der Waals surface area contributed by atoms with Gasteiger partial charge in [0.25, 0.3) is 0 Å². The van der Waals surface area contributed by atoms with Gasteiger partial charge in [-0.15, -0.1) is 0 Å². The first kappa shape index (κ1) is 14.8. The van der Waals surface area contributed by atoms with E-state index in [0.29, 0.717) is 0 Å². The summed E-state index contributed by atoms with van der Waals surface area (Å²) in [4.78, 5) is 10.1. The monoisotopic (exact) mass is 307 g/mol. The number of pyridine rings is 1. The van der Waals surface area contributed by atoms with Crippen molar-refractivity contribution >= 4 is 17.7 Å². The number of benzene rings is 1. The number of oxazole rings is 1. The van der Waals surface area contributed by atoms with Crippen LogP contribution in [0.15, 0.2) is 64.7 Å². The molecule has 0 fully saturated rings. The largest absolute Gasteiger partial charge is 0.444 e. The highest BCUT2D eigenvalue weighted by Gasteiger charge is 2.00. The SMILES string of the molecule is CN(C)c1cc(C=NNc2ccc(-c3cnco3)cc2)ccn1. The van der Waals surface area contributed by atoms with Gasteiger partial charge in [-0.3, -0.25) is 5.43 Å². The zero-order chi connectivity index (χ0) is 16.1. The lowest BCUT2D eigenvalue weighted by molar-refractivity contribution is 0.572. The van der Waals surface area contributed by atoms with Gasteiger partial charge >= 0.3 is 0 Å². The fourth-order valence-electron chi connectivity index (χ4n) is 2.01. The van der Waals surface area contributed by atoms with E-state index in [2.05, 4.69) is 20.5 Å². The highest BCUT2D eigenvalue weighted by Crippen LogP contribution is 2.20. The van der Waals surface area contributed by atoms with Crippen LogP contribution in [0.5, 0.6) is 0 Å². The van der Waals surface area contributed by atoms with Crippen LogP contribution < -0.4 is 10.3 Å². The molecule has 3 aromatic rings. The smallest absolute Gasteiger partial charge is 0.181 e. The number of rotatable bonds is 5. The summed E-state index contributed by atoms with van der Waals surface area (Å²) < 4.78 is 5.26. The van der Waals surface area contributed by atoms with Gasteiger partial charge in [0.05, 0.1) is 18.1 Å². The maximum atomic E-state index is 5.26. The first-order valence-corrected chi connectivity index (χ1v) is 7.14. The summed E-state index contributed by atoms with van der Waals surface area (Å²) in [5, 5.41) is 4.25. The minimum absolute atomic E-state index is 0.744. The summed E-state index contributed by atoms with van der Waals surface area (Å²) in [5.74, 6) is 1.64. The van der Waals surface area contributed by atoms with Crippen molar-refractivity contribution in [3.05, 3.63) is 60.7 Å². The van der Waals surface area contributed by atoms with Crippen molar-refractivity contribution in [2.45, 2.75) is 0 Å². The predicted molar refractivity (Wildman–Crippen MR) is 91.7 cm³/mol. The summed E-state index contributed by atoms with van der Waals surface area (Å²) in [7, 11) is 3.91. The van der Waals surface area contributed by atoms with Crippen molar-refractivity contribution in [3.8, 4) is 11.3 Å². The van der Waals surface area contributed by atoms with Crippen LogP contribution in [-0.4, -0.2) is 30.3 Å². The fourth-order valence-corrected chi connectivity index (χ4v) is 2.01. The molecule has 0 saturated heterocycles. The molecule has 0 aliphatic rings. The van der Waals surface area contributed by atoms with E-state index in [1.54, 1.807) is 18.6 Å². The van der Waals surface area contributed by atoms with Gasteiger partial charge in [0.15, 0.2) is 12.2 Å². The molecule has 0 unspecified atom stereocenters. The van der Waals surface area contributed by atoms with Gasteiger partial charge in [-0.05, 0) is 42.0 Å². The Kier molecular flexibility index (Phi) is 4.33. The van der Waals surface area contributed by atoms with E-state index in [1.807, 2.05) is 55.4 Å². The maximum Gasteiger partial charge on any atom is 0.181 e. The van der Waals surface area contributed by atoms with Crippen molar-refractivity contribution in [1.82, 2.24) is 9.97 Å². The average Bonchev–Trinajstić information content (AvgIpc) is 3.10. The highest BCUT2D eigenvalue weighted by molar-refractivity contribution is 5.81. The molecular weight excluding hydrogens is 290 g/mol. The molecule has 0 saturated carbocycles. The Labute approximate surface area is 134 Å². The second-order valence-electron chi connectivity index (χ2n) is 5.15. The third-order valence-corrected chi connectivity index (χ3v) is 3.24. The number of nitrogens with zero attached hydrogens (tertiary/aromatic N) is 4. The highest BCUT2D eigenvalue weighted by atomic mass is 16.3. The Balaban J connectivity index is 1.65. The second kappa shape index (κ2) is 6.74. The molecule has 0 spiro atoms. The van der Waals surface area contributed by atoms with E-state index in [-0.39, 0.29) is 0 Å². The van der Waals surface area contributed by atoms with Crippen LogP contribution in [0.25, 0.3) is 11.3 Å². The van der Waals surface area contributed by atoms with E-state index in [4.69, 9.17) is 4.42 Å². The van der Waals surface area contributed by atoms with E-state index in [9.17, 15) is 0 Å². The van der Waals surface area contributed by atoms with E-state index in [0.717, 1.165) is 28.4 Å². The molecule has 6 heteroatoms. The molecule has 0 atom stereocenters. The zero-order valence-corrected chi connectivity index (χ0v) is 13.0. The van der Waals surface area contributed by atoms with Crippen LogP contribution >= 0.6 is 0 Å². The standard InChI is InChI=1S/C17H17N5O/c1-22(2)17-9-13(7-8-19-17)10-20-21-15-5-3-14(4-6-15)16-11-18-12-23-16/h3-12,21H,1-2H3. The number of anilines is 2. The van der Waals surface area contributed by atoms with Gasteiger partial charge in [0.1, 0.15) is 5.82 Å². The lowest BCUT2D eigenvalue weighted by atomic mass is 10.2. The second-order valence-corrected chi connectivity index (χ2v) is 5.15. The number of nitrogens with one attached hydrogen (secondary N) is 1. The third kappa shape index (κ3) is 3.74. The molecule has 0 bridgehead atoms. The summed E-state index contributed by atoms with van der Waals surface area (Å²) in [6.07, 6.45) is 6.64. The number of hydrazone groups is 1. The van der Waals surface area contributed by atoms with Crippen LogP contribution in [0.2, 0.25) is 0 Å². The molecule has 0 radical (unpaired) electrons. The van der Waals surface area contributed by atoms with Gasteiger partial charge in [-0.25, -0.2) is 9.97 Å². The Morgan fingerprint density at radius 3 is 2.70 bits per heavy atom. The molecule has 0 amide bonds. The van der Waals surface area contributed by atoms with Crippen molar-refractivity contribution in [3.63, 3.8) is 0 Å². The molecular formula is C17H17N5O. The quantitative estimate of drug-likeness (QED) is 0.579. The number of hydrogen-bond donors (Lipinski definition) is 1. The van der Waals surface area contributed by atoms with Crippen LogP contribution in [0.4, 0.5) is 11.5 Å². The van der Waals surface area contributed by atoms with E-state index < -0.39 is 0 Å². The topological polar surface area (TPSA) is 66.5 Å². The molecule has 6 nitrogen and oxygen atoms in total. The number of hydrogen-bond acceptors (Lipinski definition) is 6. The Bertz CT molecular complexity index is 779. The molecule has 3 rings (SSSR count). The van der Waals surface area contributed by atoms with Crippen LogP contribution in [0, 0.1) is 0 Å². The van der Waals surface area contributed by atoms with Gasteiger partial charge in [0.2, 0.25) is 0 Å². The van der Waals surface area contributed by atoms with Crippen LogP contribution in [0.3, 0.4) is 0 Å². The molecule has 0 aliphatic heterocycles. The van der Waals surface area contributed by atoms with Crippen LogP contribution in [0.1, 0.15) is 5.56 Å². The minimum atomic E-state index is 0.744. The molecule has 0 aliphatic carbocycles. The molecule has 1 aromatic carbocycles. The van der Waals surface area contributed by atoms with Gasteiger partial charge in [0, 0.05) is 25.9 Å². The summed E-state index contributed by atoms with van der Waals surface area (Å²) in [6, 6.07) is 11.7. The van der Waals surface area contributed by atoms with E-state index in [1.165, 1.54) is 6.39 Å². The average molecular weight is 307 g/mol. The molecule has 116 valence electrons. The minimum Gasteiger partial charge on any atom is -0.444 e. The summed E-state index contributed by atoms with van der Waals surface area (Å²) in [5.41, 5.74) is 5.85. The van der Waals surface area contributed by atoms with E-state index >= 15 is 0 Å². The Hall–Kier alpha value is -3.15. The Morgan fingerprint density at radius 2 is 2.00 bits per heavy atom. The lowest BCUT2D eigenvalue weighted by Gasteiger charge is -2.10. The summed E-state index contributed by atoms with van der Waals surface area (Å²) >= 11 is 0. The molecule has 1 N–H and O–H groups in total. The fraction of sp³-hybridized carbons (Fsp3) is 0.118. The Morgan fingerprint density at radius 1 is 1.17 bits per heavy atom. The van der Waals surface area contributed by atoms with Gasteiger partial charge in [-0.1, -0.05) is 0 Å². The number of aromatic nitrogens is 2. The van der Waals surface area contributed by atoms with Crippen molar-refractivity contribution in [1.29, 1.82) is 0 Å². The first-order valence-electron chi connectivity index (χ1n) is 7.14. The van der Waals surface area contributed by atoms with Gasteiger partial charge < -0.3 is 9.32 Å². The molecule has 23 heavy (non-hydrogen) atoms. The molecule has 2 aromatic heterocycles. The summed E-state index contributed by atoms with van der Waals surface area (Å²) in [6.45, 7) is 0. The lowest BCUT2D eigenvalue weighted by Crippen LogP contribution is -2.10. The van der Waals surface area contributed by atoms with Crippen molar-refractivity contribution in [2.75, 3.05) is 24.4 Å². The predicted octanol–water partition coefficient (Wildman–Crippen LogP) is 3.25. The van der Waals surface area contributed by atoms with Crippen molar-refractivity contribution < 1.29 is 4.42 Å². The normalized spacial score (nSPS) is 10.9. The van der Waals surface area contributed by atoms with Crippen molar-refractivity contribution in [2.24, 2.45) is 5.10 Å². The first-order chi connectivity index (χ1) is 11.2. The maximum absolute atomic E-state index is 5.26. The van der Waals surface area contributed by atoms with Crippen LogP contribution in [-0.2, 0) is 0 Å². The van der Waals surface area contributed by atoms with Gasteiger partial charge in [-0.2, -0.15) is 5.10 Å². The third-order valence-electron chi connectivity index (χ3n) is 3.24.